The highest BCUT2D eigenvalue weighted by Crippen LogP contribution is 2.18. The van der Waals surface area contributed by atoms with E-state index in [9.17, 15) is 0 Å². The van der Waals surface area contributed by atoms with E-state index in [2.05, 4.69) is 4.74 Å². The Morgan fingerprint density at radius 3 is 2.00 bits per heavy atom. The van der Waals surface area contributed by atoms with Gasteiger partial charge in [0.2, 0.25) is 0 Å². The van der Waals surface area contributed by atoms with Crippen molar-refractivity contribution in [2.24, 2.45) is 0 Å². The maximum absolute atomic E-state index is 9.09. The Morgan fingerprint density at radius 2 is 1.45 bits per heavy atom. The van der Waals surface area contributed by atoms with Gasteiger partial charge in [-0.25, -0.2) is 0 Å². The number of rotatable bonds is 0. The molecule has 0 aromatic rings. The van der Waals surface area contributed by atoms with Crippen LogP contribution in [0.2, 0.25) is 0 Å². The lowest BCUT2D eigenvalue weighted by Crippen LogP contribution is -2.56. The van der Waals surface area contributed by atoms with Crippen molar-refractivity contribution < 1.29 is 25.2 Å². The molecule has 0 aliphatic carbocycles. The standard InChI is InChI=1S/C6H12O5/c1-2-3(7)4(8)5(9)6(10)11-2/h2-10H,1H3/t2-,3-,4+,5-,6?/m0/s1. The minimum absolute atomic E-state index is 0.664. The minimum atomic E-state index is -1.43. The minimum Gasteiger partial charge on any atom is -0.388 e. The first kappa shape index (κ1) is 8.89. The van der Waals surface area contributed by atoms with Gasteiger partial charge in [-0.05, 0) is 6.92 Å². The number of ether oxygens (including phenoxy) is 1. The van der Waals surface area contributed by atoms with E-state index in [1.54, 1.807) is 0 Å². The molecular weight excluding hydrogens is 152 g/mol. The normalized spacial score (nSPS) is 52.6. The Morgan fingerprint density at radius 1 is 0.909 bits per heavy atom. The Balaban J connectivity index is 2.63. The van der Waals surface area contributed by atoms with E-state index in [0.29, 0.717) is 0 Å². The van der Waals surface area contributed by atoms with E-state index in [1.165, 1.54) is 6.92 Å². The van der Waals surface area contributed by atoms with Crippen molar-refractivity contribution in [3.05, 3.63) is 0 Å². The van der Waals surface area contributed by atoms with E-state index in [-0.39, 0.29) is 0 Å². The molecule has 1 aliphatic rings. The Labute approximate surface area is 63.8 Å². The van der Waals surface area contributed by atoms with Gasteiger partial charge in [0.1, 0.15) is 18.3 Å². The predicted molar refractivity (Wildman–Crippen MR) is 34.6 cm³/mol. The molecule has 11 heavy (non-hydrogen) atoms. The molecule has 1 fully saturated rings. The molecule has 5 heteroatoms. The highest BCUT2D eigenvalue weighted by atomic mass is 16.6. The van der Waals surface area contributed by atoms with Gasteiger partial charge in [-0.3, -0.25) is 0 Å². The molecular formula is C6H12O5. The quantitative estimate of drug-likeness (QED) is 0.326. The zero-order chi connectivity index (χ0) is 8.59. The molecule has 0 spiro atoms. The molecule has 1 heterocycles. The summed E-state index contributed by atoms with van der Waals surface area (Å²) in [5, 5.41) is 36.0. The van der Waals surface area contributed by atoms with Crippen LogP contribution in [-0.4, -0.2) is 51.1 Å². The first-order chi connectivity index (χ1) is 5.04. The molecule has 0 radical (unpaired) electrons. The summed E-state index contributed by atoms with van der Waals surface area (Å²) in [6, 6.07) is 0. The van der Waals surface area contributed by atoms with E-state index in [1.807, 2.05) is 0 Å². The fourth-order valence-corrected chi connectivity index (χ4v) is 1.03. The van der Waals surface area contributed by atoms with Crippen LogP contribution < -0.4 is 0 Å². The van der Waals surface area contributed by atoms with Gasteiger partial charge in [0.25, 0.3) is 0 Å². The molecule has 5 atom stereocenters. The molecule has 0 saturated carbocycles. The fraction of sp³-hybridized carbons (Fsp3) is 1.00. The van der Waals surface area contributed by atoms with Crippen molar-refractivity contribution in [3.8, 4) is 0 Å². The number of hydrogen-bond donors (Lipinski definition) is 4. The third-order valence-corrected chi connectivity index (χ3v) is 1.83. The van der Waals surface area contributed by atoms with Gasteiger partial charge in [-0.2, -0.15) is 0 Å². The van der Waals surface area contributed by atoms with Crippen LogP contribution in [0.4, 0.5) is 0 Å². The van der Waals surface area contributed by atoms with Gasteiger partial charge in [0.05, 0.1) is 6.10 Å². The third-order valence-electron chi connectivity index (χ3n) is 1.83. The van der Waals surface area contributed by atoms with E-state index >= 15 is 0 Å². The third kappa shape index (κ3) is 1.52. The smallest absolute Gasteiger partial charge is 0.183 e. The van der Waals surface area contributed by atoms with Gasteiger partial charge < -0.3 is 25.2 Å². The molecule has 0 aromatic carbocycles. The monoisotopic (exact) mass is 164 g/mol. The predicted octanol–water partition coefficient (Wildman–Crippen LogP) is -2.19. The van der Waals surface area contributed by atoms with Gasteiger partial charge in [-0.15, -0.1) is 0 Å². The number of aliphatic hydroxyl groups excluding tert-OH is 4. The summed E-state index contributed by atoms with van der Waals surface area (Å²) in [6.45, 7) is 1.50. The molecule has 0 amide bonds. The second-order valence-corrected chi connectivity index (χ2v) is 2.70. The summed E-state index contributed by atoms with van der Waals surface area (Å²) in [7, 11) is 0. The average molecular weight is 164 g/mol. The summed E-state index contributed by atoms with van der Waals surface area (Å²) in [4.78, 5) is 0. The van der Waals surface area contributed by atoms with Crippen LogP contribution in [0, 0.1) is 0 Å². The second-order valence-electron chi connectivity index (χ2n) is 2.70. The second kappa shape index (κ2) is 3.04. The maximum atomic E-state index is 9.09. The summed E-state index contributed by atoms with van der Waals surface area (Å²) in [5.74, 6) is 0. The molecule has 66 valence electrons. The van der Waals surface area contributed by atoms with E-state index < -0.39 is 30.7 Å². The van der Waals surface area contributed by atoms with Gasteiger partial charge in [-0.1, -0.05) is 0 Å². The van der Waals surface area contributed by atoms with Crippen molar-refractivity contribution in [2.45, 2.75) is 37.6 Å². The van der Waals surface area contributed by atoms with E-state index in [4.69, 9.17) is 20.4 Å². The van der Waals surface area contributed by atoms with Crippen LogP contribution in [0.3, 0.4) is 0 Å². The number of aliphatic hydroxyl groups is 4. The Kier molecular flexibility index (Phi) is 2.46. The van der Waals surface area contributed by atoms with Crippen LogP contribution in [0.15, 0.2) is 0 Å². The largest absolute Gasteiger partial charge is 0.388 e. The molecule has 1 rings (SSSR count). The molecule has 4 N–H and O–H groups in total. The topological polar surface area (TPSA) is 90.2 Å². The molecule has 0 aromatic heterocycles. The van der Waals surface area contributed by atoms with Crippen molar-refractivity contribution in [2.75, 3.05) is 0 Å². The highest BCUT2D eigenvalue weighted by Gasteiger charge is 2.40. The SMILES string of the molecule is C[C@@H]1OC(O)[C@@H](O)[C@H](O)[C@H]1O. The van der Waals surface area contributed by atoms with Gasteiger partial charge >= 0.3 is 0 Å². The first-order valence-corrected chi connectivity index (χ1v) is 3.41. The summed E-state index contributed by atoms with van der Waals surface area (Å²) >= 11 is 0. The first-order valence-electron chi connectivity index (χ1n) is 3.41. The van der Waals surface area contributed by atoms with Crippen LogP contribution in [0.1, 0.15) is 6.92 Å². The van der Waals surface area contributed by atoms with Crippen LogP contribution >= 0.6 is 0 Å². The van der Waals surface area contributed by atoms with Crippen LogP contribution in [0.5, 0.6) is 0 Å². The summed E-state index contributed by atoms with van der Waals surface area (Å²) in [5.41, 5.74) is 0. The number of hydrogen-bond acceptors (Lipinski definition) is 5. The molecule has 1 unspecified atom stereocenters. The zero-order valence-corrected chi connectivity index (χ0v) is 6.08. The van der Waals surface area contributed by atoms with Gasteiger partial charge in [0.15, 0.2) is 6.29 Å². The van der Waals surface area contributed by atoms with Crippen LogP contribution in [-0.2, 0) is 4.74 Å². The lowest BCUT2D eigenvalue weighted by Gasteiger charge is -2.36. The summed E-state index contributed by atoms with van der Waals surface area (Å²) in [6.07, 6.45) is -5.99. The van der Waals surface area contributed by atoms with E-state index in [0.717, 1.165) is 0 Å². The van der Waals surface area contributed by atoms with Crippen molar-refractivity contribution in [1.82, 2.24) is 0 Å². The van der Waals surface area contributed by atoms with Crippen molar-refractivity contribution >= 4 is 0 Å². The zero-order valence-electron chi connectivity index (χ0n) is 6.08. The van der Waals surface area contributed by atoms with Crippen molar-refractivity contribution in [3.63, 3.8) is 0 Å². The fourth-order valence-electron chi connectivity index (χ4n) is 1.03. The maximum Gasteiger partial charge on any atom is 0.183 e. The summed E-state index contributed by atoms with van der Waals surface area (Å²) < 4.78 is 4.68. The lowest BCUT2D eigenvalue weighted by molar-refractivity contribution is -0.277. The van der Waals surface area contributed by atoms with Crippen LogP contribution in [0.25, 0.3) is 0 Å². The highest BCUT2D eigenvalue weighted by molar-refractivity contribution is 4.86. The Bertz CT molecular complexity index is 125. The lowest BCUT2D eigenvalue weighted by atomic mass is 10.0. The molecule has 0 bridgehead atoms. The molecule has 5 nitrogen and oxygen atoms in total. The van der Waals surface area contributed by atoms with Gasteiger partial charge in [0, 0.05) is 0 Å². The Hall–Kier alpha value is -0.200. The molecule has 1 saturated heterocycles. The molecule has 1 aliphatic heterocycles. The average Bonchev–Trinajstić information content (AvgIpc) is 1.97. The van der Waals surface area contributed by atoms with Crippen molar-refractivity contribution in [1.29, 1.82) is 0 Å².